The molecular formula is C19H37NO4. The summed E-state index contributed by atoms with van der Waals surface area (Å²) in [5.41, 5.74) is 0. The average Bonchev–Trinajstić information content (AvgIpc) is 2.58. The van der Waals surface area contributed by atoms with Gasteiger partial charge in [-0.3, -0.25) is 0 Å². The average molecular weight is 344 g/mol. The SMILES string of the molecule is CCCCCCCCOC(=O)[C@@H](NC(=O)OCCCC)C(C)CC. The van der Waals surface area contributed by atoms with Gasteiger partial charge in [-0.05, 0) is 18.8 Å². The maximum absolute atomic E-state index is 12.3. The highest BCUT2D eigenvalue weighted by molar-refractivity contribution is 5.81. The molecule has 0 aliphatic rings. The van der Waals surface area contributed by atoms with Crippen LogP contribution in [0.3, 0.4) is 0 Å². The number of rotatable bonds is 14. The summed E-state index contributed by atoms with van der Waals surface area (Å²) < 4.78 is 10.4. The highest BCUT2D eigenvalue weighted by Crippen LogP contribution is 2.11. The minimum absolute atomic E-state index is 0.0146. The van der Waals surface area contributed by atoms with Crippen LogP contribution in [0.5, 0.6) is 0 Å². The Balaban J connectivity index is 4.14. The first-order valence-corrected chi connectivity index (χ1v) is 9.66. The molecule has 5 nitrogen and oxygen atoms in total. The lowest BCUT2D eigenvalue weighted by atomic mass is 9.99. The Bertz CT molecular complexity index is 333. The molecule has 0 aromatic heterocycles. The van der Waals surface area contributed by atoms with Gasteiger partial charge in [-0.2, -0.15) is 0 Å². The minimum atomic E-state index is -0.635. The van der Waals surface area contributed by atoms with Gasteiger partial charge in [0.25, 0.3) is 0 Å². The summed E-state index contributed by atoms with van der Waals surface area (Å²) in [6, 6.07) is -0.635. The first-order valence-electron chi connectivity index (χ1n) is 9.66. The van der Waals surface area contributed by atoms with E-state index in [1.807, 2.05) is 20.8 Å². The second-order valence-electron chi connectivity index (χ2n) is 6.43. The lowest BCUT2D eigenvalue weighted by molar-refractivity contribution is -0.147. The van der Waals surface area contributed by atoms with Crippen molar-refractivity contribution in [3.05, 3.63) is 0 Å². The molecule has 142 valence electrons. The number of carbonyl (C=O) groups is 2. The van der Waals surface area contributed by atoms with Gasteiger partial charge in [-0.25, -0.2) is 9.59 Å². The smallest absolute Gasteiger partial charge is 0.407 e. The molecule has 0 aromatic carbocycles. The lowest BCUT2D eigenvalue weighted by Gasteiger charge is -2.22. The Morgan fingerprint density at radius 1 is 0.833 bits per heavy atom. The largest absolute Gasteiger partial charge is 0.464 e. The first kappa shape index (κ1) is 22.7. The quantitative estimate of drug-likeness (QED) is 0.362. The van der Waals surface area contributed by atoms with E-state index in [1.165, 1.54) is 25.7 Å². The molecule has 0 rings (SSSR count). The Hall–Kier alpha value is -1.26. The van der Waals surface area contributed by atoms with Crippen molar-refractivity contribution in [1.82, 2.24) is 5.32 Å². The van der Waals surface area contributed by atoms with Gasteiger partial charge in [-0.15, -0.1) is 0 Å². The molecule has 0 fully saturated rings. The molecule has 5 heteroatoms. The van der Waals surface area contributed by atoms with Crippen LogP contribution in [0.25, 0.3) is 0 Å². The molecule has 0 aromatic rings. The zero-order valence-corrected chi connectivity index (χ0v) is 16.1. The molecule has 0 heterocycles. The van der Waals surface area contributed by atoms with Gasteiger partial charge in [0.15, 0.2) is 0 Å². The molecule has 0 saturated heterocycles. The number of unbranched alkanes of at least 4 members (excludes halogenated alkanes) is 6. The summed E-state index contributed by atoms with van der Waals surface area (Å²) in [4.78, 5) is 24.0. The third-order valence-corrected chi connectivity index (χ3v) is 4.21. The van der Waals surface area contributed by atoms with E-state index >= 15 is 0 Å². The number of esters is 1. The van der Waals surface area contributed by atoms with Crippen molar-refractivity contribution in [2.45, 2.75) is 91.5 Å². The van der Waals surface area contributed by atoms with E-state index < -0.39 is 12.1 Å². The second kappa shape index (κ2) is 15.3. The van der Waals surface area contributed by atoms with E-state index in [4.69, 9.17) is 9.47 Å². The number of alkyl carbamates (subject to hydrolysis) is 1. The van der Waals surface area contributed by atoms with Crippen LogP contribution < -0.4 is 5.32 Å². The predicted molar refractivity (Wildman–Crippen MR) is 97.0 cm³/mol. The Morgan fingerprint density at radius 2 is 1.42 bits per heavy atom. The summed E-state index contributed by atoms with van der Waals surface area (Å²) >= 11 is 0. The maximum atomic E-state index is 12.3. The molecular weight excluding hydrogens is 306 g/mol. The molecule has 1 unspecified atom stereocenters. The first-order chi connectivity index (χ1) is 11.6. The van der Waals surface area contributed by atoms with Crippen LogP contribution in [0.2, 0.25) is 0 Å². The highest BCUT2D eigenvalue weighted by Gasteiger charge is 2.27. The molecule has 0 aliphatic heterocycles. The summed E-state index contributed by atoms with van der Waals surface area (Å²) in [5.74, 6) is -0.342. The topological polar surface area (TPSA) is 64.6 Å². The van der Waals surface area contributed by atoms with Crippen molar-refractivity contribution >= 4 is 12.1 Å². The van der Waals surface area contributed by atoms with E-state index in [-0.39, 0.29) is 11.9 Å². The van der Waals surface area contributed by atoms with Crippen molar-refractivity contribution in [3.8, 4) is 0 Å². The number of ether oxygens (including phenoxy) is 2. The highest BCUT2D eigenvalue weighted by atomic mass is 16.6. The van der Waals surface area contributed by atoms with Gasteiger partial charge < -0.3 is 14.8 Å². The fraction of sp³-hybridized carbons (Fsp3) is 0.895. The molecule has 24 heavy (non-hydrogen) atoms. The molecule has 0 bridgehead atoms. The van der Waals surface area contributed by atoms with Gasteiger partial charge in [0.05, 0.1) is 13.2 Å². The molecule has 0 saturated carbocycles. The fourth-order valence-electron chi connectivity index (χ4n) is 2.29. The van der Waals surface area contributed by atoms with Crippen molar-refractivity contribution in [1.29, 1.82) is 0 Å². The maximum Gasteiger partial charge on any atom is 0.407 e. The number of carbonyl (C=O) groups excluding carboxylic acids is 2. The van der Waals surface area contributed by atoms with Crippen LogP contribution in [-0.4, -0.2) is 31.3 Å². The fourth-order valence-corrected chi connectivity index (χ4v) is 2.29. The van der Waals surface area contributed by atoms with E-state index in [1.54, 1.807) is 0 Å². The van der Waals surface area contributed by atoms with Crippen molar-refractivity contribution in [2.24, 2.45) is 5.92 Å². The second-order valence-corrected chi connectivity index (χ2v) is 6.43. The van der Waals surface area contributed by atoms with Crippen molar-refractivity contribution in [2.75, 3.05) is 13.2 Å². The Labute approximate surface area is 147 Å². The zero-order chi connectivity index (χ0) is 18.2. The summed E-state index contributed by atoms with van der Waals surface area (Å²) in [6.45, 7) is 8.94. The van der Waals surface area contributed by atoms with E-state index in [0.717, 1.165) is 32.1 Å². The minimum Gasteiger partial charge on any atom is -0.464 e. The van der Waals surface area contributed by atoms with Crippen molar-refractivity contribution < 1.29 is 19.1 Å². The lowest BCUT2D eigenvalue weighted by Crippen LogP contribution is -2.46. The number of hydrogen-bond acceptors (Lipinski definition) is 4. The number of nitrogens with one attached hydrogen (secondary N) is 1. The third kappa shape index (κ3) is 11.3. The van der Waals surface area contributed by atoms with Gasteiger partial charge >= 0.3 is 12.1 Å². The summed E-state index contributed by atoms with van der Waals surface area (Å²) in [6.07, 6.45) is 8.90. The standard InChI is InChI=1S/C19H37NO4/c1-5-8-10-11-12-13-15-23-18(21)17(16(4)7-3)20-19(22)24-14-9-6-2/h16-17H,5-15H2,1-4H3,(H,20,22)/t16?,17-/m0/s1. The number of hydrogen-bond donors (Lipinski definition) is 1. The van der Waals surface area contributed by atoms with Gasteiger partial charge in [0.1, 0.15) is 6.04 Å². The van der Waals surface area contributed by atoms with Crippen LogP contribution in [0, 0.1) is 5.92 Å². The molecule has 1 N–H and O–H groups in total. The van der Waals surface area contributed by atoms with Crippen LogP contribution in [-0.2, 0) is 14.3 Å². The van der Waals surface area contributed by atoms with E-state index in [0.29, 0.717) is 13.2 Å². The van der Waals surface area contributed by atoms with Crippen LogP contribution in [0.1, 0.15) is 85.5 Å². The third-order valence-electron chi connectivity index (χ3n) is 4.21. The monoisotopic (exact) mass is 343 g/mol. The van der Waals surface area contributed by atoms with Crippen molar-refractivity contribution in [3.63, 3.8) is 0 Å². The van der Waals surface area contributed by atoms with E-state index in [2.05, 4.69) is 12.2 Å². The van der Waals surface area contributed by atoms with Gasteiger partial charge in [-0.1, -0.05) is 72.6 Å². The predicted octanol–water partition coefficient (Wildman–Crippen LogP) is 4.83. The Kier molecular flexibility index (Phi) is 14.5. The van der Waals surface area contributed by atoms with E-state index in [9.17, 15) is 9.59 Å². The normalized spacial score (nSPS) is 13.2. The molecule has 0 aliphatic carbocycles. The molecule has 1 amide bonds. The van der Waals surface area contributed by atoms with Crippen LogP contribution >= 0.6 is 0 Å². The molecule has 0 radical (unpaired) electrons. The number of amides is 1. The Morgan fingerprint density at radius 3 is 2.04 bits per heavy atom. The molecule has 2 atom stereocenters. The molecule has 0 spiro atoms. The van der Waals surface area contributed by atoms with Crippen LogP contribution in [0.4, 0.5) is 4.79 Å². The van der Waals surface area contributed by atoms with Gasteiger partial charge in [0.2, 0.25) is 0 Å². The summed E-state index contributed by atoms with van der Waals surface area (Å²) in [7, 11) is 0. The summed E-state index contributed by atoms with van der Waals surface area (Å²) in [5, 5.41) is 2.66. The van der Waals surface area contributed by atoms with Gasteiger partial charge in [0, 0.05) is 0 Å². The zero-order valence-electron chi connectivity index (χ0n) is 16.1. The van der Waals surface area contributed by atoms with Crippen LogP contribution in [0.15, 0.2) is 0 Å².